The Morgan fingerprint density at radius 2 is 2.00 bits per heavy atom. The van der Waals surface area contributed by atoms with Crippen LogP contribution in [0.3, 0.4) is 0 Å². The van der Waals surface area contributed by atoms with Crippen molar-refractivity contribution < 1.29 is 0 Å². The summed E-state index contributed by atoms with van der Waals surface area (Å²) in [6, 6.07) is 9.51. The van der Waals surface area contributed by atoms with Crippen LogP contribution in [0.1, 0.15) is 52.0 Å². The summed E-state index contributed by atoms with van der Waals surface area (Å²) in [5.41, 5.74) is 4.12. The molecule has 0 bridgehead atoms. The number of piperidine rings is 1. The summed E-state index contributed by atoms with van der Waals surface area (Å²) in [7, 11) is 0. The highest BCUT2D eigenvalue weighted by atomic mass is 15.1. The lowest BCUT2D eigenvalue weighted by Gasteiger charge is -2.32. The van der Waals surface area contributed by atoms with E-state index in [-0.39, 0.29) is 0 Å². The van der Waals surface area contributed by atoms with Crippen LogP contribution in [-0.2, 0) is 0 Å². The van der Waals surface area contributed by atoms with Crippen molar-refractivity contribution in [2.45, 2.75) is 52.5 Å². The fourth-order valence-corrected chi connectivity index (χ4v) is 2.79. The molecule has 1 aromatic carbocycles. The molecule has 0 unspecified atom stereocenters. The van der Waals surface area contributed by atoms with E-state index >= 15 is 0 Å². The minimum atomic E-state index is 0.595. The van der Waals surface area contributed by atoms with E-state index in [1.165, 1.54) is 42.8 Å². The van der Waals surface area contributed by atoms with Crippen LogP contribution in [0, 0.1) is 0 Å². The van der Waals surface area contributed by atoms with Gasteiger partial charge in [-0.25, -0.2) is 0 Å². The van der Waals surface area contributed by atoms with E-state index < -0.39 is 0 Å². The highest BCUT2D eigenvalue weighted by Crippen LogP contribution is 2.21. The zero-order valence-corrected chi connectivity index (χ0v) is 14.0. The second-order valence-corrected chi connectivity index (χ2v) is 6.78. The fourth-order valence-electron chi connectivity index (χ4n) is 2.79. The molecule has 2 nitrogen and oxygen atoms in total. The summed E-state index contributed by atoms with van der Waals surface area (Å²) in [5.74, 6) is 0.595. The molecule has 0 atom stereocenters. The minimum Gasteiger partial charge on any atom is -0.382 e. The van der Waals surface area contributed by atoms with E-state index in [1.807, 2.05) is 0 Å². The van der Waals surface area contributed by atoms with Crippen LogP contribution in [0.25, 0.3) is 0 Å². The van der Waals surface area contributed by atoms with Crippen molar-refractivity contribution in [2.24, 2.45) is 0 Å². The third-order valence-electron chi connectivity index (χ3n) is 4.27. The average molecular weight is 286 g/mol. The van der Waals surface area contributed by atoms with Gasteiger partial charge < -0.3 is 5.32 Å². The third kappa shape index (κ3) is 5.20. The van der Waals surface area contributed by atoms with Gasteiger partial charge in [0.1, 0.15) is 0 Å². The Kier molecular flexibility index (Phi) is 5.86. The standard InChI is InChI=1S/C19H30N2/c1-15(2)8-11-21-12-9-18(10-13-21)20-19-7-5-6-17(14-19)16(3)4/h5-8,14,16,18,20H,9-13H2,1-4H3. The van der Waals surface area contributed by atoms with Gasteiger partial charge in [0.05, 0.1) is 0 Å². The summed E-state index contributed by atoms with van der Waals surface area (Å²) < 4.78 is 0. The van der Waals surface area contributed by atoms with Crippen LogP contribution in [0.15, 0.2) is 35.9 Å². The van der Waals surface area contributed by atoms with Crippen LogP contribution in [-0.4, -0.2) is 30.6 Å². The number of nitrogens with one attached hydrogen (secondary N) is 1. The molecule has 116 valence electrons. The number of rotatable bonds is 5. The van der Waals surface area contributed by atoms with Gasteiger partial charge in [-0.2, -0.15) is 0 Å². The molecule has 0 amide bonds. The maximum Gasteiger partial charge on any atom is 0.0345 e. The largest absolute Gasteiger partial charge is 0.382 e. The molecule has 2 heteroatoms. The Balaban J connectivity index is 1.83. The predicted octanol–water partition coefficient (Wildman–Crippen LogP) is 4.65. The maximum atomic E-state index is 3.72. The molecular weight excluding hydrogens is 256 g/mol. The molecular formula is C19H30N2. The first-order chi connectivity index (χ1) is 10.0. The molecule has 0 spiro atoms. The van der Waals surface area contributed by atoms with Crippen molar-refractivity contribution in [2.75, 3.05) is 25.0 Å². The average Bonchev–Trinajstić information content (AvgIpc) is 2.47. The first-order valence-electron chi connectivity index (χ1n) is 8.27. The summed E-state index contributed by atoms with van der Waals surface area (Å²) in [6.07, 6.45) is 4.81. The second kappa shape index (κ2) is 7.65. The fraction of sp³-hybridized carbons (Fsp3) is 0.579. The molecule has 2 rings (SSSR count). The predicted molar refractivity (Wildman–Crippen MR) is 93.0 cm³/mol. The van der Waals surface area contributed by atoms with Crippen molar-refractivity contribution in [1.82, 2.24) is 4.90 Å². The van der Waals surface area contributed by atoms with E-state index in [0.29, 0.717) is 12.0 Å². The van der Waals surface area contributed by atoms with Gasteiger partial charge in [0.2, 0.25) is 0 Å². The molecule has 0 saturated carbocycles. The summed E-state index contributed by atoms with van der Waals surface area (Å²) >= 11 is 0. The van der Waals surface area contributed by atoms with Crippen LogP contribution in [0.5, 0.6) is 0 Å². The van der Waals surface area contributed by atoms with Gasteiger partial charge in [-0.05, 0) is 50.3 Å². The van der Waals surface area contributed by atoms with Gasteiger partial charge in [0.25, 0.3) is 0 Å². The molecule has 0 aromatic heterocycles. The highest BCUT2D eigenvalue weighted by Gasteiger charge is 2.18. The highest BCUT2D eigenvalue weighted by molar-refractivity contribution is 5.47. The lowest BCUT2D eigenvalue weighted by Crippen LogP contribution is -2.39. The Labute approximate surface area is 130 Å². The first-order valence-corrected chi connectivity index (χ1v) is 8.27. The molecule has 1 N–H and O–H groups in total. The topological polar surface area (TPSA) is 15.3 Å². The first kappa shape index (κ1) is 16.1. The summed E-state index contributed by atoms with van der Waals surface area (Å²) in [5, 5.41) is 3.72. The Morgan fingerprint density at radius 1 is 1.29 bits per heavy atom. The molecule has 1 saturated heterocycles. The Bertz CT molecular complexity index is 464. The molecule has 1 aliphatic heterocycles. The summed E-state index contributed by atoms with van der Waals surface area (Å²) in [4.78, 5) is 2.55. The zero-order chi connectivity index (χ0) is 15.2. The number of hydrogen-bond acceptors (Lipinski definition) is 2. The van der Waals surface area contributed by atoms with Crippen LogP contribution >= 0.6 is 0 Å². The molecule has 21 heavy (non-hydrogen) atoms. The third-order valence-corrected chi connectivity index (χ3v) is 4.27. The molecule has 0 radical (unpaired) electrons. The number of hydrogen-bond donors (Lipinski definition) is 1. The van der Waals surface area contributed by atoms with Crippen LogP contribution in [0.4, 0.5) is 5.69 Å². The quantitative estimate of drug-likeness (QED) is 0.792. The number of allylic oxidation sites excluding steroid dienone is 1. The van der Waals surface area contributed by atoms with Crippen molar-refractivity contribution in [3.05, 3.63) is 41.5 Å². The molecule has 1 aromatic rings. The molecule has 1 fully saturated rings. The van der Waals surface area contributed by atoms with Gasteiger partial charge in [-0.1, -0.05) is 37.6 Å². The van der Waals surface area contributed by atoms with Gasteiger partial charge in [0.15, 0.2) is 0 Å². The normalized spacial score (nSPS) is 17.0. The second-order valence-electron chi connectivity index (χ2n) is 6.78. The number of anilines is 1. The maximum absolute atomic E-state index is 3.72. The molecule has 1 aliphatic rings. The van der Waals surface area contributed by atoms with Crippen molar-refractivity contribution in [3.8, 4) is 0 Å². The lowest BCUT2D eigenvalue weighted by molar-refractivity contribution is 0.240. The monoisotopic (exact) mass is 286 g/mol. The zero-order valence-electron chi connectivity index (χ0n) is 14.0. The van der Waals surface area contributed by atoms with Gasteiger partial charge in [-0.3, -0.25) is 4.90 Å². The minimum absolute atomic E-state index is 0.595. The van der Waals surface area contributed by atoms with E-state index in [4.69, 9.17) is 0 Å². The Hall–Kier alpha value is -1.28. The van der Waals surface area contributed by atoms with Gasteiger partial charge in [-0.15, -0.1) is 0 Å². The van der Waals surface area contributed by atoms with E-state index in [0.717, 1.165) is 6.54 Å². The number of nitrogens with zero attached hydrogens (tertiary/aromatic N) is 1. The molecule has 1 heterocycles. The van der Waals surface area contributed by atoms with Crippen molar-refractivity contribution in [3.63, 3.8) is 0 Å². The number of likely N-dealkylation sites (tertiary alicyclic amines) is 1. The van der Waals surface area contributed by atoms with Gasteiger partial charge >= 0.3 is 0 Å². The molecule has 0 aliphatic carbocycles. The van der Waals surface area contributed by atoms with E-state index in [9.17, 15) is 0 Å². The SMILES string of the molecule is CC(C)=CCN1CCC(Nc2cccc(C(C)C)c2)CC1. The van der Waals surface area contributed by atoms with E-state index in [1.54, 1.807) is 0 Å². The number of benzene rings is 1. The smallest absolute Gasteiger partial charge is 0.0345 e. The van der Waals surface area contributed by atoms with Crippen LogP contribution < -0.4 is 5.32 Å². The van der Waals surface area contributed by atoms with Crippen LogP contribution in [0.2, 0.25) is 0 Å². The van der Waals surface area contributed by atoms with Gasteiger partial charge in [0, 0.05) is 31.4 Å². The van der Waals surface area contributed by atoms with E-state index in [2.05, 4.69) is 68.3 Å². The Morgan fingerprint density at radius 3 is 2.62 bits per heavy atom. The van der Waals surface area contributed by atoms with Crippen molar-refractivity contribution >= 4 is 5.69 Å². The van der Waals surface area contributed by atoms with Crippen molar-refractivity contribution in [1.29, 1.82) is 0 Å². The summed E-state index contributed by atoms with van der Waals surface area (Å²) in [6.45, 7) is 12.4. The lowest BCUT2D eigenvalue weighted by atomic mass is 10.0.